The fourth-order valence-corrected chi connectivity index (χ4v) is 5.68. The minimum absolute atomic E-state index is 0.133. The number of benzene rings is 3. The van der Waals surface area contributed by atoms with E-state index in [0.29, 0.717) is 27.8 Å². The van der Waals surface area contributed by atoms with Gasteiger partial charge in [0.1, 0.15) is 5.75 Å². The average Bonchev–Trinajstić information content (AvgIpc) is 3.23. The largest absolute Gasteiger partial charge is 0.497 e. The normalized spacial score (nSPS) is 11.8. The van der Waals surface area contributed by atoms with E-state index in [2.05, 4.69) is 15.6 Å². The predicted molar refractivity (Wildman–Crippen MR) is 146 cm³/mol. The number of hydrogen-bond donors (Lipinski definition) is 2. The molecule has 1 atom stereocenters. The molecule has 0 saturated carbocycles. The molecular weight excluding hydrogens is 525 g/mol. The van der Waals surface area contributed by atoms with E-state index in [1.165, 1.54) is 29.2 Å². The molecule has 10 heteroatoms. The zero-order chi connectivity index (χ0) is 24.9. The Labute approximate surface area is 221 Å². The van der Waals surface area contributed by atoms with E-state index in [1.54, 1.807) is 25.3 Å². The van der Waals surface area contributed by atoms with Gasteiger partial charge in [0.15, 0.2) is 5.13 Å². The number of halogens is 2. The van der Waals surface area contributed by atoms with E-state index >= 15 is 0 Å². The predicted octanol–water partition coefficient (Wildman–Crippen LogP) is 7.37. The van der Waals surface area contributed by atoms with Crippen molar-refractivity contribution in [3.05, 3.63) is 76.3 Å². The third kappa shape index (κ3) is 6.27. The van der Waals surface area contributed by atoms with Gasteiger partial charge < -0.3 is 15.4 Å². The zero-order valence-electron chi connectivity index (χ0n) is 18.8. The van der Waals surface area contributed by atoms with Crippen LogP contribution in [0.3, 0.4) is 0 Å². The first kappa shape index (κ1) is 25.3. The van der Waals surface area contributed by atoms with Crippen molar-refractivity contribution in [2.75, 3.05) is 17.7 Å². The van der Waals surface area contributed by atoms with Crippen LogP contribution in [0.15, 0.2) is 65.6 Å². The number of anilines is 2. The lowest BCUT2D eigenvalue weighted by molar-refractivity contribution is -0.115. The quantitative estimate of drug-likeness (QED) is 0.226. The summed E-state index contributed by atoms with van der Waals surface area (Å²) in [5.74, 6) is 0.267. The van der Waals surface area contributed by atoms with Gasteiger partial charge in [0.05, 0.1) is 33.2 Å². The highest BCUT2D eigenvalue weighted by molar-refractivity contribution is 8.00. The molecule has 4 rings (SSSR count). The van der Waals surface area contributed by atoms with Gasteiger partial charge in [-0.1, -0.05) is 47.5 Å². The van der Waals surface area contributed by atoms with Crippen molar-refractivity contribution in [1.82, 2.24) is 4.98 Å². The lowest BCUT2D eigenvalue weighted by Gasteiger charge is -2.14. The van der Waals surface area contributed by atoms with E-state index in [1.807, 2.05) is 43.3 Å². The molecule has 0 bridgehead atoms. The van der Waals surface area contributed by atoms with Gasteiger partial charge in [-0.15, -0.1) is 11.8 Å². The molecule has 1 aromatic heterocycles. The number of nitrogens with zero attached hydrogens (tertiary/aromatic N) is 1. The minimum Gasteiger partial charge on any atom is -0.497 e. The van der Waals surface area contributed by atoms with Crippen LogP contribution in [-0.4, -0.2) is 29.2 Å². The molecule has 0 aliphatic rings. The molecule has 1 unspecified atom stereocenters. The summed E-state index contributed by atoms with van der Waals surface area (Å²) in [6, 6.07) is 17.6. The van der Waals surface area contributed by atoms with Crippen molar-refractivity contribution in [3.63, 3.8) is 0 Å². The lowest BCUT2D eigenvalue weighted by Crippen LogP contribution is -2.24. The van der Waals surface area contributed by atoms with Gasteiger partial charge >= 0.3 is 0 Å². The number of hydrogen-bond acceptors (Lipinski definition) is 6. The van der Waals surface area contributed by atoms with Crippen molar-refractivity contribution >= 4 is 79.2 Å². The SMILES string of the molecule is CCC(Sc1cccc(NC(=O)c2ccc(Cl)cc2Cl)c1)C(=O)Nc1nc2ccc(OC)cc2s1. The Hall–Kier alpha value is -2.78. The van der Waals surface area contributed by atoms with Crippen LogP contribution in [0.25, 0.3) is 10.2 Å². The third-order valence-corrected chi connectivity index (χ3v) is 7.87. The molecule has 0 aliphatic heterocycles. The lowest BCUT2D eigenvalue weighted by atomic mass is 10.2. The maximum Gasteiger partial charge on any atom is 0.257 e. The highest BCUT2D eigenvalue weighted by atomic mass is 35.5. The summed E-state index contributed by atoms with van der Waals surface area (Å²) in [7, 11) is 1.61. The number of carbonyl (C=O) groups is 2. The number of carbonyl (C=O) groups excluding carboxylic acids is 2. The summed E-state index contributed by atoms with van der Waals surface area (Å²) in [6.07, 6.45) is 0.617. The number of methoxy groups -OCH3 is 1. The standard InChI is InChI=1S/C25H21Cl2N3O3S2/c1-3-21(24(32)30-25-29-20-10-8-16(33-2)13-22(20)35-25)34-17-6-4-5-15(12-17)28-23(31)18-9-7-14(26)11-19(18)27/h4-13,21H,3H2,1-2H3,(H,28,31)(H,29,30,32). The first-order chi connectivity index (χ1) is 16.9. The summed E-state index contributed by atoms with van der Waals surface area (Å²) in [4.78, 5) is 31.0. The molecule has 180 valence electrons. The second-order valence-corrected chi connectivity index (χ2v) is 10.6. The Morgan fingerprint density at radius 2 is 1.91 bits per heavy atom. The number of fused-ring (bicyclic) bond motifs is 1. The Kier molecular flexibility index (Phi) is 8.18. The van der Waals surface area contributed by atoms with Crippen molar-refractivity contribution in [2.45, 2.75) is 23.5 Å². The van der Waals surface area contributed by atoms with Crippen LogP contribution in [0, 0.1) is 0 Å². The molecule has 35 heavy (non-hydrogen) atoms. The third-order valence-electron chi connectivity index (χ3n) is 5.03. The first-order valence-electron chi connectivity index (χ1n) is 10.6. The van der Waals surface area contributed by atoms with Gasteiger partial charge in [-0.2, -0.15) is 0 Å². The summed E-state index contributed by atoms with van der Waals surface area (Å²) in [5.41, 5.74) is 1.73. The average molecular weight is 547 g/mol. The molecule has 4 aromatic rings. The Morgan fingerprint density at radius 1 is 1.09 bits per heavy atom. The van der Waals surface area contributed by atoms with E-state index in [0.717, 1.165) is 20.9 Å². The molecule has 0 radical (unpaired) electrons. The van der Waals surface area contributed by atoms with Crippen LogP contribution in [0.4, 0.5) is 10.8 Å². The summed E-state index contributed by atoms with van der Waals surface area (Å²) < 4.78 is 6.19. The molecule has 2 amide bonds. The number of thioether (sulfide) groups is 1. The maximum absolute atomic E-state index is 13.0. The van der Waals surface area contributed by atoms with Gasteiger partial charge in [0.25, 0.3) is 5.91 Å². The molecule has 0 saturated heterocycles. The molecular formula is C25H21Cl2N3O3S2. The second kappa shape index (κ2) is 11.3. The number of ether oxygens (including phenoxy) is 1. The number of rotatable bonds is 8. The molecule has 0 aliphatic carbocycles. The summed E-state index contributed by atoms with van der Waals surface area (Å²) in [5, 5.41) is 6.71. The summed E-state index contributed by atoms with van der Waals surface area (Å²) in [6.45, 7) is 1.95. The van der Waals surface area contributed by atoms with Crippen molar-refractivity contribution < 1.29 is 14.3 Å². The molecule has 3 aromatic carbocycles. The van der Waals surface area contributed by atoms with Crippen LogP contribution in [-0.2, 0) is 4.79 Å². The van der Waals surface area contributed by atoms with E-state index < -0.39 is 0 Å². The molecule has 6 nitrogen and oxygen atoms in total. The number of nitrogens with one attached hydrogen (secondary N) is 2. The molecule has 0 spiro atoms. The smallest absolute Gasteiger partial charge is 0.257 e. The van der Waals surface area contributed by atoms with E-state index in [9.17, 15) is 9.59 Å². The number of thiazole rings is 1. The van der Waals surface area contributed by atoms with Gasteiger partial charge in [0.2, 0.25) is 5.91 Å². The first-order valence-corrected chi connectivity index (χ1v) is 13.1. The van der Waals surface area contributed by atoms with Gasteiger partial charge in [-0.3, -0.25) is 9.59 Å². The van der Waals surface area contributed by atoms with Crippen LogP contribution >= 0.6 is 46.3 Å². The van der Waals surface area contributed by atoms with Crippen molar-refractivity contribution in [1.29, 1.82) is 0 Å². The Balaban J connectivity index is 1.43. The number of amides is 2. The molecule has 2 N–H and O–H groups in total. The molecule has 1 heterocycles. The Morgan fingerprint density at radius 3 is 2.66 bits per heavy atom. The van der Waals surface area contributed by atoms with Crippen LogP contribution in [0.2, 0.25) is 10.0 Å². The van der Waals surface area contributed by atoms with E-state index in [-0.39, 0.29) is 22.1 Å². The van der Waals surface area contributed by atoms with Crippen LogP contribution in [0.5, 0.6) is 5.75 Å². The summed E-state index contributed by atoms with van der Waals surface area (Å²) >= 11 is 14.9. The van der Waals surface area contributed by atoms with Gasteiger partial charge in [-0.05, 0) is 61.0 Å². The highest BCUT2D eigenvalue weighted by Gasteiger charge is 2.20. The second-order valence-electron chi connectivity index (χ2n) is 7.46. The van der Waals surface area contributed by atoms with E-state index in [4.69, 9.17) is 27.9 Å². The van der Waals surface area contributed by atoms with Gasteiger partial charge in [0, 0.05) is 15.6 Å². The van der Waals surface area contributed by atoms with Gasteiger partial charge in [-0.25, -0.2) is 4.98 Å². The van der Waals surface area contributed by atoms with Crippen LogP contribution < -0.4 is 15.4 Å². The van der Waals surface area contributed by atoms with Crippen LogP contribution in [0.1, 0.15) is 23.7 Å². The fourth-order valence-electron chi connectivity index (χ4n) is 3.28. The maximum atomic E-state index is 13.0. The van der Waals surface area contributed by atoms with Crippen molar-refractivity contribution in [2.24, 2.45) is 0 Å². The highest BCUT2D eigenvalue weighted by Crippen LogP contribution is 2.32. The zero-order valence-corrected chi connectivity index (χ0v) is 21.9. The monoisotopic (exact) mass is 545 g/mol. The Bertz CT molecular complexity index is 1390. The topological polar surface area (TPSA) is 80.3 Å². The molecule has 0 fully saturated rings. The fraction of sp³-hybridized carbons (Fsp3) is 0.160. The van der Waals surface area contributed by atoms with Crippen molar-refractivity contribution in [3.8, 4) is 5.75 Å². The number of aromatic nitrogens is 1. The minimum atomic E-state index is -0.342.